The second-order valence-corrected chi connectivity index (χ2v) is 4.34. The average molecular weight is 253 g/mol. The lowest BCUT2D eigenvalue weighted by molar-refractivity contribution is -0.114. The summed E-state index contributed by atoms with van der Waals surface area (Å²) in [5.41, 5.74) is 2.96. The van der Waals surface area contributed by atoms with E-state index in [1.54, 1.807) is 24.5 Å². The van der Waals surface area contributed by atoms with E-state index in [0.29, 0.717) is 5.56 Å². The van der Waals surface area contributed by atoms with Crippen LogP contribution in [-0.4, -0.2) is 15.9 Å². The van der Waals surface area contributed by atoms with Crippen LogP contribution in [0.15, 0.2) is 60.9 Å². The number of carbonyl (C=O) groups excluding carboxylic acids is 1. The van der Waals surface area contributed by atoms with Crippen molar-refractivity contribution in [2.24, 2.45) is 0 Å². The smallest absolute Gasteiger partial charge is 0.158 e. The van der Waals surface area contributed by atoms with Crippen molar-refractivity contribution < 1.29 is 9.90 Å². The molecule has 1 aromatic carbocycles. The van der Waals surface area contributed by atoms with Gasteiger partial charge in [0.05, 0.1) is 0 Å². The van der Waals surface area contributed by atoms with Crippen molar-refractivity contribution in [2.75, 3.05) is 0 Å². The van der Waals surface area contributed by atoms with Crippen molar-refractivity contribution in [1.29, 1.82) is 0 Å². The van der Waals surface area contributed by atoms with Gasteiger partial charge in [-0.05, 0) is 35.7 Å². The molecule has 0 aliphatic carbocycles. The molecular weight excluding hydrogens is 238 g/mol. The van der Waals surface area contributed by atoms with Crippen LogP contribution in [0.2, 0.25) is 0 Å². The minimum absolute atomic E-state index is 0.203. The van der Waals surface area contributed by atoms with Gasteiger partial charge in [-0.1, -0.05) is 30.8 Å². The van der Waals surface area contributed by atoms with Crippen molar-refractivity contribution >= 4 is 5.78 Å². The van der Waals surface area contributed by atoms with Crippen LogP contribution >= 0.6 is 0 Å². The van der Waals surface area contributed by atoms with Gasteiger partial charge in [0.1, 0.15) is 6.10 Å². The molecule has 2 aromatic rings. The highest BCUT2D eigenvalue weighted by molar-refractivity contribution is 5.93. The zero-order valence-corrected chi connectivity index (χ0v) is 10.7. The van der Waals surface area contributed by atoms with E-state index in [0.717, 1.165) is 11.1 Å². The third kappa shape index (κ3) is 2.95. The Hall–Kier alpha value is -2.26. The fourth-order valence-electron chi connectivity index (χ4n) is 1.80. The molecule has 1 N–H and O–H groups in total. The van der Waals surface area contributed by atoms with Gasteiger partial charge in [-0.15, -0.1) is 0 Å². The summed E-state index contributed by atoms with van der Waals surface area (Å²) in [4.78, 5) is 15.2. The van der Waals surface area contributed by atoms with Crippen LogP contribution < -0.4 is 0 Å². The molecule has 0 bridgehead atoms. The van der Waals surface area contributed by atoms with Crippen LogP contribution in [0.25, 0.3) is 11.1 Å². The SMILES string of the molecule is C=C(C(C)=O)[C@@H](O)c1ccc(-c2ccncc2)cc1. The Kier molecular flexibility index (Phi) is 3.88. The fraction of sp³-hybridized carbons (Fsp3) is 0.125. The first-order chi connectivity index (χ1) is 9.09. The highest BCUT2D eigenvalue weighted by atomic mass is 16.3. The molecule has 0 aliphatic heterocycles. The molecule has 3 heteroatoms. The standard InChI is InChI=1S/C16H15NO2/c1-11(12(2)18)16(19)15-5-3-13(4-6-15)14-7-9-17-10-8-14/h3-10,16,19H,1H2,2H3/t16-/m1/s1. The van der Waals surface area contributed by atoms with Crippen LogP contribution in [0, 0.1) is 0 Å². The topological polar surface area (TPSA) is 50.2 Å². The van der Waals surface area contributed by atoms with Gasteiger partial charge in [-0.25, -0.2) is 0 Å². The lowest BCUT2D eigenvalue weighted by Crippen LogP contribution is -2.07. The highest BCUT2D eigenvalue weighted by Crippen LogP contribution is 2.24. The number of carbonyl (C=O) groups is 1. The van der Waals surface area contributed by atoms with E-state index < -0.39 is 6.10 Å². The number of nitrogens with zero attached hydrogens (tertiary/aromatic N) is 1. The van der Waals surface area contributed by atoms with Crippen molar-refractivity contribution in [3.8, 4) is 11.1 Å². The van der Waals surface area contributed by atoms with E-state index in [2.05, 4.69) is 11.6 Å². The number of aromatic nitrogens is 1. The molecule has 0 radical (unpaired) electrons. The molecule has 1 aromatic heterocycles. The van der Waals surface area contributed by atoms with Gasteiger partial charge in [0.25, 0.3) is 0 Å². The molecule has 0 saturated heterocycles. The first-order valence-corrected chi connectivity index (χ1v) is 5.98. The number of hydrogen-bond acceptors (Lipinski definition) is 3. The quantitative estimate of drug-likeness (QED) is 0.852. The molecule has 0 saturated carbocycles. The lowest BCUT2D eigenvalue weighted by atomic mass is 9.98. The first kappa shape index (κ1) is 13.2. The summed E-state index contributed by atoms with van der Waals surface area (Å²) in [6.07, 6.45) is 2.52. The summed E-state index contributed by atoms with van der Waals surface area (Å²) in [7, 11) is 0. The normalized spacial score (nSPS) is 11.9. The number of rotatable bonds is 4. The number of aliphatic hydroxyl groups excluding tert-OH is 1. The number of benzene rings is 1. The Morgan fingerprint density at radius 3 is 2.16 bits per heavy atom. The molecule has 0 aliphatic rings. The zero-order chi connectivity index (χ0) is 13.8. The molecule has 19 heavy (non-hydrogen) atoms. The molecule has 0 unspecified atom stereocenters. The molecule has 0 fully saturated rings. The second-order valence-electron chi connectivity index (χ2n) is 4.34. The van der Waals surface area contributed by atoms with E-state index in [-0.39, 0.29) is 11.4 Å². The van der Waals surface area contributed by atoms with E-state index in [1.807, 2.05) is 24.3 Å². The second kappa shape index (κ2) is 5.59. The Balaban J connectivity index is 2.24. The number of hydrogen-bond donors (Lipinski definition) is 1. The molecule has 0 spiro atoms. The molecular formula is C16H15NO2. The third-order valence-corrected chi connectivity index (χ3v) is 3.02. The largest absolute Gasteiger partial charge is 0.384 e. The van der Waals surface area contributed by atoms with Crippen molar-refractivity contribution in [3.63, 3.8) is 0 Å². The van der Waals surface area contributed by atoms with E-state index in [4.69, 9.17) is 0 Å². The first-order valence-electron chi connectivity index (χ1n) is 5.98. The summed E-state index contributed by atoms with van der Waals surface area (Å²) in [6.45, 7) is 5.00. The van der Waals surface area contributed by atoms with E-state index in [1.165, 1.54) is 6.92 Å². The van der Waals surface area contributed by atoms with Gasteiger partial charge < -0.3 is 5.11 Å². The maximum Gasteiger partial charge on any atom is 0.158 e. The Bertz CT molecular complexity index is 588. The highest BCUT2D eigenvalue weighted by Gasteiger charge is 2.14. The molecule has 1 atom stereocenters. The predicted octanol–water partition coefficient (Wildman–Crippen LogP) is 2.93. The van der Waals surface area contributed by atoms with Crippen molar-refractivity contribution in [3.05, 3.63) is 66.5 Å². The monoisotopic (exact) mass is 253 g/mol. The summed E-state index contributed by atoms with van der Waals surface area (Å²) in [6, 6.07) is 11.2. The Morgan fingerprint density at radius 1 is 1.11 bits per heavy atom. The van der Waals surface area contributed by atoms with E-state index in [9.17, 15) is 9.90 Å². The van der Waals surface area contributed by atoms with Gasteiger partial charge in [-0.2, -0.15) is 0 Å². The van der Waals surface area contributed by atoms with Crippen molar-refractivity contribution in [2.45, 2.75) is 13.0 Å². The van der Waals surface area contributed by atoms with Crippen molar-refractivity contribution in [1.82, 2.24) is 4.98 Å². The van der Waals surface area contributed by atoms with Crippen LogP contribution in [0.3, 0.4) is 0 Å². The Labute approximate surface area is 112 Å². The molecule has 96 valence electrons. The third-order valence-electron chi connectivity index (χ3n) is 3.02. The minimum atomic E-state index is -0.941. The van der Waals surface area contributed by atoms with Crippen LogP contribution in [-0.2, 0) is 4.79 Å². The lowest BCUT2D eigenvalue weighted by Gasteiger charge is -2.12. The number of aliphatic hydroxyl groups is 1. The number of Topliss-reactive ketones (excluding diaryl/α,β-unsaturated/α-hetero) is 1. The Morgan fingerprint density at radius 2 is 1.63 bits per heavy atom. The molecule has 2 rings (SSSR count). The predicted molar refractivity (Wildman–Crippen MR) is 74.5 cm³/mol. The average Bonchev–Trinajstić information content (AvgIpc) is 2.46. The summed E-state index contributed by atoms with van der Waals surface area (Å²) in [5.74, 6) is -0.203. The number of ketones is 1. The van der Waals surface area contributed by atoms with Gasteiger partial charge in [0.2, 0.25) is 0 Å². The number of pyridine rings is 1. The molecule has 0 amide bonds. The van der Waals surface area contributed by atoms with Gasteiger partial charge in [0, 0.05) is 18.0 Å². The summed E-state index contributed by atoms with van der Waals surface area (Å²) < 4.78 is 0. The summed E-state index contributed by atoms with van der Waals surface area (Å²) >= 11 is 0. The molecule has 1 heterocycles. The van der Waals surface area contributed by atoms with E-state index >= 15 is 0 Å². The van der Waals surface area contributed by atoms with Gasteiger partial charge in [-0.3, -0.25) is 9.78 Å². The van der Waals surface area contributed by atoms with Gasteiger partial charge in [0.15, 0.2) is 5.78 Å². The van der Waals surface area contributed by atoms with Crippen LogP contribution in [0.4, 0.5) is 0 Å². The fourth-order valence-corrected chi connectivity index (χ4v) is 1.80. The van der Waals surface area contributed by atoms with Gasteiger partial charge >= 0.3 is 0 Å². The summed E-state index contributed by atoms with van der Waals surface area (Å²) in [5, 5.41) is 9.99. The maximum absolute atomic E-state index is 11.2. The van der Waals surface area contributed by atoms with Crippen LogP contribution in [0.5, 0.6) is 0 Å². The maximum atomic E-state index is 11.2. The minimum Gasteiger partial charge on any atom is -0.384 e. The molecule has 3 nitrogen and oxygen atoms in total. The zero-order valence-electron chi connectivity index (χ0n) is 10.7. The van der Waals surface area contributed by atoms with Crippen LogP contribution in [0.1, 0.15) is 18.6 Å².